The van der Waals surface area contributed by atoms with Crippen LogP contribution in [0.25, 0.3) is 0 Å². The highest BCUT2D eigenvalue weighted by Crippen LogP contribution is 2.32. The number of benzene rings is 1. The molecule has 1 saturated heterocycles. The van der Waals surface area contributed by atoms with Gasteiger partial charge in [0.2, 0.25) is 0 Å². The first-order chi connectivity index (χ1) is 8.74. The predicted molar refractivity (Wildman–Crippen MR) is 83.3 cm³/mol. The van der Waals surface area contributed by atoms with Gasteiger partial charge in [0.05, 0.1) is 18.5 Å². The van der Waals surface area contributed by atoms with E-state index in [2.05, 4.69) is 16.3 Å². The van der Waals surface area contributed by atoms with Crippen molar-refractivity contribution in [1.29, 1.82) is 5.26 Å². The van der Waals surface area contributed by atoms with Gasteiger partial charge in [-0.3, -0.25) is 4.90 Å². The molecule has 1 heterocycles. The van der Waals surface area contributed by atoms with Gasteiger partial charge in [0.1, 0.15) is 5.82 Å². The molecule has 7 heteroatoms. The van der Waals surface area contributed by atoms with Crippen LogP contribution in [0.2, 0.25) is 5.02 Å². The maximum absolute atomic E-state index is 13.9. The van der Waals surface area contributed by atoms with Crippen molar-refractivity contribution in [2.45, 2.75) is 12.5 Å². The van der Waals surface area contributed by atoms with Gasteiger partial charge in [-0.25, -0.2) is 4.39 Å². The number of nitriles is 1. The lowest BCUT2D eigenvalue weighted by Gasteiger charge is -2.34. The van der Waals surface area contributed by atoms with Crippen molar-refractivity contribution in [3.8, 4) is 6.07 Å². The van der Waals surface area contributed by atoms with Crippen LogP contribution in [0, 0.1) is 17.1 Å². The molecule has 112 valence electrons. The first-order valence-electron chi connectivity index (χ1n) is 5.99. The molecule has 1 atom stereocenters. The van der Waals surface area contributed by atoms with Crippen LogP contribution in [-0.4, -0.2) is 31.1 Å². The molecule has 0 amide bonds. The fourth-order valence-corrected chi connectivity index (χ4v) is 2.61. The minimum atomic E-state index is -0.332. The molecule has 0 saturated carbocycles. The summed E-state index contributed by atoms with van der Waals surface area (Å²) < 4.78 is 13.9. The van der Waals surface area contributed by atoms with Crippen molar-refractivity contribution < 1.29 is 4.39 Å². The van der Waals surface area contributed by atoms with E-state index in [1.54, 1.807) is 12.1 Å². The van der Waals surface area contributed by atoms with E-state index in [0.717, 1.165) is 26.2 Å². The van der Waals surface area contributed by atoms with E-state index in [0.29, 0.717) is 10.6 Å². The quantitative estimate of drug-likeness (QED) is 0.918. The third-order valence-corrected chi connectivity index (χ3v) is 3.54. The van der Waals surface area contributed by atoms with Gasteiger partial charge in [-0.15, -0.1) is 24.8 Å². The van der Waals surface area contributed by atoms with E-state index < -0.39 is 0 Å². The molecule has 1 aromatic rings. The summed E-state index contributed by atoms with van der Waals surface area (Å²) in [4.78, 5) is 2.12. The Morgan fingerprint density at radius 2 is 2.00 bits per heavy atom. The lowest BCUT2D eigenvalue weighted by Crippen LogP contribution is -2.45. The van der Waals surface area contributed by atoms with Crippen LogP contribution in [0.4, 0.5) is 4.39 Å². The minimum Gasteiger partial charge on any atom is -0.314 e. The Hall–Kier alpha value is -0.570. The summed E-state index contributed by atoms with van der Waals surface area (Å²) in [5.74, 6) is -0.332. The van der Waals surface area contributed by atoms with Crippen LogP contribution in [0.15, 0.2) is 18.2 Å². The van der Waals surface area contributed by atoms with Gasteiger partial charge in [-0.05, 0) is 12.1 Å². The number of hydrogen-bond donors (Lipinski definition) is 1. The fraction of sp³-hybridized carbons (Fsp3) is 0.462. The second-order valence-electron chi connectivity index (χ2n) is 4.30. The average Bonchev–Trinajstić information content (AvgIpc) is 2.38. The summed E-state index contributed by atoms with van der Waals surface area (Å²) in [5, 5.41) is 12.6. The average molecular weight is 341 g/mol. The highest BCUT2D eigenvalue weighted by molar-refractivity contribution is 6.31. The van der Waals surface area contributed by atoms with E-state index in [9.17, 15) is 4.39 Å². The second kappa shape index (κ2) is 9.38. The zero-order valence-corrected chi connectivity index (χ0v) is 13.2. The van der Waals surface area contributed by atoms with Crippen LogP contribution in [0.1, 0.15) is 18.0 Å². The molecule has 1 aromatic carbocycles. The lowest BCUT2D eigenvalue weighted by molar-refractivity contribution is 0.172. The molecule has 0 radical (unpaired) electrons. The van der Waals surface area contributed by atoms with E-state index >= 15 is 0 Å². The minimum absolute atomic E-state index is 0. The predicted octanol–water partition coefficient (Wildman–Crippen LogP) is 3.18. The number of nitrogens with zero attached hydrogens (tertiary/aromatic N) is 2. The zero-order valence-electron chi connectivity index (χ0n) is 10.8. The molecule has 1 fully saturated rings. The lowest BCUT2D eigenvalue weighted by atomic mass is 10.0. The third-order valence-electron chi connectivity index (χ3n) is 3.21. The molecule has 1 N–H and O–H groups in total. The maximum Gasteiger partial charge on any atom is 0.129 e. The molecule has 0 bridgehead atoms. The fourth-order valence-electron chi connectivity index (χ4n) is 2.32. The Balaban J connectivity index is 0.00000180. The molecular formula is C13H17Cl3FN3. The van der Waals surface area contributed by atoms with Crippen molar-refractivity contribution >= 4 is 36.4 Å². The molecule has 0 aromatic heterocycles. The van der Waals surface area contributed by atoms with Gasteiger partial charge in [-0.2, -0.15) is 5.26 Å². The van der Waals surface area contributed by atoms with E-state index in [-0.39, 0.29) is 43.1 Å². The van der Waals surface area contributed by atoms with Gasteiger partial charge in [-0.1, -0.05) is 17.7 Å². The summed E-state index contributed by atoms with van der Waals surface area (Å²) in [6.45, 7) is 3.32. The molecule has 1 aliphatic rings. The maximum atomic E-state index is 13.9. The Kier molecular flexibility index (Phi) is 9.11. The first-order valence-corrected chi connectivity index (χ1v) is 6.37. The van der Waals surface area contributed by atoms with Gasteiger partial charge >= 0.3 is 0 Å². The molecule has 1 aliphatic heterocycles. The Morgan fingerprint density at radius 1 is 1.35 bits per heavy atom. The summed E-state index contributed by atoms with van der Waals surface area (Å²) >= 11 is 6.09. The zero-order chi connectivity index (χ0) is 13.0. The van der Waals surface area contributed by atoms with Crippen molar-refractivity contribution in [1.82, 2.24) is 10.2 Å². The van der Waals surface area contributed by atoms with Crippen LogP contribution >= 0.6 is 36.4 Å². The molecule has 0 unspecified atom stereocenters. The van der Waals surface area contributed by atoms with Crippen molar-refractivity contribution in [2.24, 2.45) is 0 Å². The topological polar surface area (TPSA) is 39.1 Å². The number of piperazine rings is 1. The Morgan fingerprint density at radius 3 is 2.55 bits per heavy atom. The SMILES string of the molecule is Cl.Cl.N#CC[C@H](c1c(F)cccc1Cl)N1CCNCC1. The smallest absolute Gasteiger partial charge is 0.129 e. The molecule has 20 heavy (non-hydrogen) atoms. The normalized spacial score (nSPS) is 16.4. The number of nitrogens with one attached hydrogen (secondary N) is 1. The second-order valence-corrected chi connectivity index (χ2v) is 4.71. The highest BCUT2D eigenvalue weighted by atomic mass is 35.5. The largest absolute Gasteiger partial charge is 0.314 e. The number of halogens is 4. The standard InChI is InChI=1S/C13H15ClFN3.2ClH/c14-10-2-1-3-11(15)13(10)12(4-5-16)18-8-6-17-7-9-18;;/h1-3,12,17H,4,6-9H2;2*1H/t12-;;/m1../s1. The van der Waals surface area contributed by atoms with Gasteiger partial charge in [0.25, 0.3) is 0 Å². The molecule has 3 nitrogen and oxygen atoms in total. The Labute approximate surface area is 135 Å². The third kappa shape index (κ3) is 4.47. The molecular weight excluding hydrogens is 324 g/mol. The first kappa shape index (κ1) is 19.4. The van der Waals surface area contributed by atoms with Crippen LogP contribution < -0.4 is 5.32 Å². The summed E-state index contributed by atoms with van der Waals surface area (Å²) in [6.07, 6.45) is 0.251. The summed E-state index contributed by atoms with van der Waals surface area (Å²) in [5.41, 5.74) is 0.447. The van der Waals surface area contributed by atoms with Crippen LogP contribution in [0.3, 0.4) is 0 Å². The molecule has 0 aliphatic carbocycles. The number of rotatable bonds is 3. The van der Waals surface area contributed by atoms with E-state index in [1.807, 2.05) is 0 Å². The summed E-state index contributed by atoms with van der Waals surface area (Å²) in [6, 6.07) is 6.53. The van der Waals surface area contributed by atoms with Crippen molar-refractivity contribution in [3.05, 3.63) is 34.6 Å². The van der Waals surface area contributed by atoms with Crippen LogP contribution in [-0.2, 0) is 0 Å². The number of hydrogen-bond acceptors (Lipinski definition) is 3. The highest BCUT2D eigenvalue weighted by Gasteiger charge is 2.26. The van der Waals surface area contributed by atoms with Gasteiger partial charge in [0.15, 0.2) is 0 Å². The van der Waals surface area contributed by atoms with Gasteiger partial charge < -0.3 is 5.32 Å². The monoisotopic (exact) mass is 339 g/mol. The molecule has 0 spiro atoms. The van der Waals surface area contributed by atoms with Crippen molar-refractivity contribution in [2.75, 3.05) is 26.2 Å². The summed E-state index contributed by atoms with van der Waals surface area (Å²) in [7, 11) is 0. The van der Waals surface area contributed by atoms with Crippen molar-refractivity contribution in [3.63, 3.8) is 0 Å². The van der Waals surface area contributed by atoms with Crippen LogP contribution in [0.5, 0.6) is 0 Å². The van der Waals surface area contributed by atoms with Gasteiger partial charge in [0, 0.05) is 36.8 Å². The Bertz CT molecular complexity index is 438. The van der Waals surface area contributed by atoms with E-state index in [1.165, 1.54) is 6.07 Å². The van der Waals surface area contributed by atoms with E-state index in [4.69, 9.17) is 16.9 Å². The molecule has 2 rings (SSSR count).